The summed E-state index contributed by atoms with van der Waals surface area (Å²) < 4.78 is 2.28. The Kier molecular flexibility index (Phi) is 3.19. The van der Waals surface area contributed by atoms with E-state index < -0.39 is 0 Å². The number of rotatable bonds is 5. The number of halogens is 2. The third kappa shape index (κ3) is 2.23. The van der Waals surface area contributed by atoms with Gasteiger partial charge in [0.15, 0.2) is 0 Å². The molecule has 0 bridgehead atoms. The maximum absolute atomic E-state index is 6.40. The zero-order valence-corrected chi connectivity index (χ0v) is 12.9. The number of hydrogen-bond acceptors (Lipinski definition) is 1. The quantitative estimate of drug-likeness (QED) is 0.721. The number of imidazole rings is 1. The predicted octanol–water partition coefficient (Wildman–Crippen LogP) is 4.86. The molecule has 0 radical (unpaired) electrons. The van der Waals surface area contributed by atoms with Gasteiger partial charge in [0.25, 0.3) is 0 Å². The monoisotopic (exact) mass is 308 g/mol. The summed E-state index contributed by atoms with van der Waals surface area (Å²) in [5, 5.41) is 0.789. The Morgan fingerprint density at radius 3 is 2.50 bits per heavy atom. The first-order chi connectivity index (χ1) is 9.78. The van der Waals surface area contributed by atoms with Crippen molar-refractivity contribution >= 4 is 34.2 Å². The van der Waals surface area contributed by atoms with Crippen LogP contribution in [0.5, 0.6) is 0 Å². The van der Waals surface area contributed by atoms with Crippen molar-refractivity contribution in [3.05, 3.63) is 29.0 Å². The second-order valence-electron chi connectivity index (χ2n) is 6.22. The fourth-order valence-corrected chi connectivity index (χ4v) is 3.91. The number of para-hydroxylation sites is 1. The van der Waals surface area contributed by atoms with Crippen LogP contribution in [0, 0.1) is 17.8 Å². The van der Waals surface area contributed by atoms with Crippen LogP contribution in [0.4, 0.5) is 0 Å². The molecule has 2 nitrogen and oxygen atoms in total. The molecule has 4 heteroatoms. The lowest BCUT2D eigenvalue weighted by Crippen LogP contribution is -2.16. The van der Waals surface area contributed by atoms with Gasteiger partial charge in [-0.2, -0.15) is 0 Å². The van der Waals surface area contributed by atoms with Crippen molar-refractivity contribution in [2.75, 3.05) is 0 Å². The second-order valence-corrected chi connectivity index (χ2v) is 6.89. The average molecular weight is 309 g/mol. The lowest BCUT2D eigenvalue weighted by molar-refractivity contribution is 0.350. The van der Waals surface area contributed by atoms with Gasteiger partial charge in [-0.15, -0.1) is 11.6 Å². The molecule has 1 aromatic heterocycles. The molecule has 2 saturated carbocycles. The standard InChI is InChI=1S/C16H18Cl2N2/c17-8-15-19-14-3-1-2-13(18)16(14)20(15)9-12(10-4-5-10)11-6-7-11/h1-3,10-12H,4-9H2. The second kappa shape index (κ2) is 4.92. The van der Waals surface area contributed by atoms with E-state index in [2.05, 4.69) is 9.55 Å². The van der Waals surface area contributed by atoms with Gasteiger partial charge in [0.2, 0.25) is 0 Å². The van der Waals surface area contributed by atoms with E-state index >= 15 is 0 Å². The molecule has 1 aromatic carbocycles. The van der Waals surface area contributed by atoms with Crippen molar-refractivity contribution in [1.29, 1.82) is 0 Å². The molecule has 0 amide bonds. The fourth-order valence-electron chi connectivity index (χ4n) is 3.43. The smallest absolute Gasteiger partial charge is 0.124 e. The van der Waals surface area contributed by atoms with E-state index in [9.17, 15) is 0 Å². The molecule has 0 aliphatic heterocycles. The van der Waals surface area contributed by atoms with Crippen LogP contribution in [0.3, 0.4) is 0 Å². The molecule has 2 aliphatic rings. The van der Waals surface area contributed by atoms with Gasteiger partial charge in [0.05, 0.1) is 21.9 Å². The van der Waals surface area contributed by atoms with Gasteiger partial charge in [0.1, 0.15) is 5.82 Å². The van der Waals surface area contributed by atoms with Gasteiger partial charge < -0.3 is 4.57 Å². The van der Waals surface area contributed by atoms with Gasteiger partial charge in [-0.3, -0.25) is 0 Å². The first-order valence-electron chi connectivity index (χ1n) is 7.47. The highest BCUT2D eigenvalue weighted by Gasteiger charge is 2.41. The van der Waals surface area contributed by atoms with Crippen LogP contribution < -0.4 is 0 Å². The first-order valence-corrected chi connectivity index (χ1v) is 8.38. The zero-order chi connectivity index (χ0) is 13.7. The summed E-state index contributed by atoms with van der Waals surface area (Å²) in [6, 6.07) is 5.93. The van der Waals surface area contributed by atoms with Crippen LogP contribution >= 0.6 is 23.2 Å². The third-order valence-corrected chi connectivity index (χ3v) is 5.31. The Morgan fingerprint density at radius 1 is 1.20 bits per heavy atom. The SMILES string of the molecule is ClCc1nc2cccc(Cl)c2n1CC(C1CC1)C1CC1. The first kappa shape index (κ1) is 13.0. The van der Waals surface area contributed by atoms with E-state index in [4.69, 9.17) is 23.2 Å². The number of nitrogens with zero attached hydrogens (tertiary/aromatic N) is 2. The number of hydrogen-bond donors (Lipinski definition) is 0. The van der Waals surface area contributed by atoms with Gasteiger partial charge in [-0.05, 0) is 55.6 Å². The Bertz CT molecular complexity index is 629. The highest BCUT2D eigenvalue weighted by atomic mass is 35.5. The van der Waals surface area contributed by atoms with E-state index in [1.165, 1.54) is 25.7 Å². The summed E-state index contributed by atoms with van der Waals surface area (Å²) in [4.78, 5) is 4.65. The highest BCUT2D eigenvalue weighted by Crippen LogP contribution is 2.50. The Morgan fingerprint density at radius 2 is 1.90 bits per heavy atom. The fraction of sp³-hybridized carbons (Fsp3) is 0.562. The van der Waals surface area contributed by atoms with Crippen molar-refractivity contribution in [3.8, 4) is 0 Å². The van der Waals surface area contributed by atoms with Gasteiger partial charge >= 0.3 is 0 Å². The third-order valence-electron chi connectivity index (χ3n) is 4.76. The Hall–Kier alpha value is -0.730. The molecular weight excluding hydrogens is 291 g/mol. The molecule has 4 rings (SSSR count). The Labute approximate surface area is 129 Å². The molecule has 0 N–H and O–H groups in total. The predicted molar refractivity (Wildman–Crippen MR) is 83.2 cm³/mol. The topological polar surface area (TPSA) is 17.8 Å². The molecule has 0 unspecified atom stereocenters. The summed E-state index contributed by atoms with van der Waals surface area (Å²) in [5.74, 6) is 4.05. The molecule has 2 aromatic rings. The summed E-state index contributed by atoms with van der Waals surface area (Å²) in [6.45, 7) is 1.04. The summed E-state index contributed by atoms with van der Waals surface area (Å²) in [7, 11) is 0. The molecule has 2 aliphatic carbocycles. The van der Waals surface area contributed by atoms with E-state index in [-0.39, 0.29) is 0 Å². The average Bonchev–Trinajstić information content (AvgIpc) is 3.34. The molecule has 2 fully saturated rings. The molecule has 0 spiro atoms. The van der Waals surface area contributed by atoms with Crippen LogP contribution in [0.15, 0.2) is 18.2 Å². The normalized spacial score (nSPS) is 19.1. The van der Waals surface area contributed by atoms with Crippen molar-refractivity contribution in [3.63, 3.8) is 0 Å². The van der Waals surface area contributed by atoms with Gasteiger partial charge in [-0.1, -0.05) is 17.7 Å². The minimum atomic E-state index is 0.451. The zero-order valence-electron chi connectivity index (χ0n) is 11.4. The van der Waals surface area contributed by atoms with Crippen LogP contribution in [0.25, 0.3) is 11.0 Å². The number of alkyl halides is 1. The van der Waals surface area contributed by atoms with Crippen molar-refractivity contribution in [1.82, 2.24) is 9.55 Å². The molecule has 20 heavy (non-hydrogen) atoms. The lowest BCUT2D eigenvalue weighted by atomic mass is 9.98. The van der Waals surface area contributed by atoms with Gasteiger partial charge in [-0.25, -0.2) is 4.98 Å². The summed E-state index contributed by atoms with van der Waals surface area (Å²) >= 11 is 12.5. The van der Waals surface area contributed by atoms with Crippen LogP contribution in [-0.2, 0) is 12.4 Å². The van der Waals surface area contributed by atoms with Crippen molar-refractivity contribution in [2.24, 2.45) is 17.8 Å². The highest BCUT2D eigenvalue weighted by molar-refractivity contribution is 6.35. The summed E-state index contributed by atoms with van der Waals surface area (Å²) in [5.41, 5.74) is 2.04. The van der Waals surface area contributed by atoms with Crippen LogP contribution in [0.1, 0.15) is 31.5 Å². The maximum atomic E-state index is 6.40. The van der Waals surface area contributed by atoms with E-state index in [0.717, 1.165) is 46.2 Å². The summed E-state index contributed by atoms with van der Waals surface area (Å²) in [6.07, 6.45) is 5.60. The molecule has 106 valence electrons. The molecule has 0 atom stereocenters. The van der Waals surface area contributed by atoms with Crippen molar-refractivity contribution in [2.45, 2.75) is 38.1 Å². The minimum Gasteiger partial charge on any atom is -0.325 e. The van der Waals surface area contributed by atoms with Crippen LogP contribution in [0.2, 0.25) is 5.02 Å². The van der Waals surface area contributed by atoms with Crippen molar-refractivity contribution < 1.29 is 0 Å². The number of benzene rings is 1. The minimum absolute atomic E-state index is 0.451. The Balaban J connectivity index is 1.76. The largest absolute Gasteiger partial charge is 0.325 e. The van der Waals surface area contributed by atoms with E-state index in [1.54, 1.807) is 0 Å². The molecule has 0 saturated heterocycles. The number of fused-ring (bicyclic) bond motifs is 1. The van der Waals surface area contributed by atoms with E-state index in [1.807, 2.05) is 18.2 Å². The van der Waals surface area contributed by atoms with Crippen LogP contribution in [-0.4, -0.2) is 9.55 Å². The maximum Gasteiger partial charge on any atom is 0.124 e. The molecule has 1 heterocycles. The lowest BCUT2D eigenvalue weighted by Gasteiger charge is -2.18. The van der Waals surface area contributed by atoms with E-state index in [0.29, 0.717) is 5.88 Å². The molecular formula is C16H18Cl2N2. The van der Waals surface area contributed by atoms with Gasteiger partial charge in [0, 0.05) is 6.54 Å². The number of aromatic nitrogens is 2.